The predicted octanol–water partition coefficient (Wildman–Crippen LogP) is 6.67. The van der Waals surface area contributed by atoms with Gasteiger partial charge in [0.25, 0.3) is 0 Å². The molecule has 0 radical (unpaired) electrons. The highest BCUT2D eigenvalue weighted by atomic mass is 35.5. The number of halogens is 1. The van der Waals surface area contributed by atoms with Gasteiger partial charge in [-0.25, -0.2) is 0 Å². The Kier molecular flexibility index (Phi) is 10.8. The van der Waals surface area contributed by atoms with E-state index in [0.717, 1.165) is 30.4 Å². The highest BCUT2D eigenvalue weighted by Gasteiger charge is 2.39. The molecule has 0 amide bonds. The Morgan fingerprint density at radius 1 is 1.00 bits per heavy atom. The minimum Gasteiger partial charge on any atom is -0.507 e. The van der Waals surface area contributed by atoms with Crippen molar-refractivity contribution in [3.05, 3.63) is 64.7 Å². The molecular formula is C32H45ClN2O4. The number of ketones is 1. The Bertz CT molecular complexity index is 1140. The molecule has 1 heterocycles. The van der Waals surface area contributed by atoms with Crippen LogP contribution in [0.5, 0.6) is 5.75 Å². The smallest absolute Gasteiger partial charge is 0.325 e. The van der Waals surface area contributed by atoms with E-state index in [9.17, 15) is 19.8 Å². The van der Waals surface area contributed by atoms with E-state index >= 15 is 0 Å². The fraction of sp³-hybridized carbons (Fsp3) is 0.531. The Morgan fingerprint density at radius 3 is 2.05 bits per heavy atom. The molecule has 2 atom stereocenters. The number of carboxylic acid groups (broad SMARTS) is 1. The maximum atomic E-state index is 13.8. The molecule has 1 saturated heterocycles. The Hall–Kier alpha value is -2.86. The molecule has 1 aliphatic rings. The topological polar surface area (TPSA) is 90.2 Å². The number of hydrogen-bond acceptors (Lipinski definition) is 4. The number of Topliss-reactive ketones (excluding diaryl/α,β-unsaturated/α-hetero) is 1. The van der Waals surface area contributed by atoms with Crippen LogP contribution in [0.2, 0.25) is 0 Å². The lowest BCUT2D eigenvalue weighted by atomic mass is 9.78. The van der Waals surface area contributed by atoms with E-state index in [4.69, 9.17) is 0 Å². The number of aliphatic imine (C=N–C) groups is 1. The van der Waals surface area contributed by atoms with Gasteiger partial charge in [0.15, 0.2) is 5.78 Å². The van der Waals surface area contributed by atoms with Crippen LogP contribution in [0.25, 0.3) is 0 Å². The number of aromatic hydroxyl groups is 1. The number of carboxylic acids is 1. The second-order valence-electron chi connectivity index (χ2n) is 12.6. The second-order valence-corrected chi connectivity index (χ2v) is 12.6. The molecule has 6 nitrogen and oxygen atoms in total. The number of phenolic OH excluding ortho intramolecular Hbond substituents is 1. The van der Waals surface area contributed by atoms with Crippen LogP contribution in [0.4, 0.5) is 0 Å². The fourth-order valence-corrected chi connectivity index (χ4v) is 5.45. The third-order valence-electron chi connectivity index (χ3n) is 7.40. The fourth-order valence-electron chi connectivity index (χ4n) is 5.45. The molecule has 0 aromatic heterocycles. The summed E-state index contributed by atoms with van der Waals surface area (Å²) in [5, 5.41) is 20.5. The van der Waals surface area contributed by atoms with Gasteiger partial charge in [-0.3, -0.25) is 14.6 Å². The number of likely N-dealkylation sites (tertiary alicyclic amines) is 1. The highest BCUT2D eigenvalue weighted by Crippen LogP contribution is 2.40. The van der Waals surface area contributed by atoms with Crippen LogP contribution in [0.1, 0.15) is 88.4 Å². The maximum Gasteiger partial charge on any atom is 0.325 e. The number of carbonyl (C=O) groups excluding carboxylic acids is 1. The molecule has 2 unspecified atom stereocenters. The van der Waals surface area contributed by atoms with Gasteiger partial charge in [-0.05, 0) is 47.3 Å². The van der Waals surface area contributed by atoms with Crippen LogP contribution in [-0.2, 0) is 22.0 Å². The average Bonchev–Trinajstić information content (AvgIpc) is 3.12. The lowest BCUT2D eigenvalue weighted by Crippen LogP contribution is -2.34. The first kappa shape index (κ1) is 32.4. The van der Waals surface area contributed by atoms with Gasteiger partial charge in [0.2, 0.25) is 0 Å². The zero-order valence-corrected chi connectivity index (χ0v) is 25.3. The summed E-state index contributed by atoms with van der Waals surface area (Å²) in [4.78, 5) is 31.8. The third kappa shape index (κ3) is 8.07. The van der Waals surface area contributed by atoms with Crippen molar-refractivity contribution < 1.29 is 19.8 Å². The van der Waals surface area contributed by atoms with Crippen LogP contribution in [0.15, 0.2) is 47.5 Å². The lowest BCUT2D eigenvalue weighted by molar-refractivity contribution is -0.135. The molecule has 1 aliphatic heterocycles. The van der Waals surface area contributed by atoms with E-state index in [1.807, 2.05) is 76.8 Å². The van der Waals surface area contributed by atoms with Crippen molar-refractivity contribution in [1.82, 2.24) is 4.90 Å². The van der Waals surface area contributed by atoms with Crippen molar-refractivity contribution in [1.29, 1.82) is 0 Å². The summed E-state index contributed by atoms with van der Waals surface area (Å²) in [6.07, 6.45) is 2.75. The van der Waals surface area contributed by atoms with Crippen LogP contribution >= 0.6 is 12.4 Å². The minimum atomic E-state index is -0.982. The van der Waals surface area contributed by atoms with E-state index in [1.54, 1.807) is 0 Å². The number of amidine groups is 1. The van der Waals surface area contributed by atoms with Crippen molar-refractivity contribution in [3.63, 3.8) is 0 Å². The van der Waals surface area contributed by atoms with Crippen molar-refractivity contribution >= 4 is 30.0 Å². The second kappa shape index (κ2) is 13.0. The van der Waals surface area contributed by atoms with Gasteiger partial charge in [0.05, 0.1) is 6.54 Å². The maximum absolute atomic E-state index is 13.8. The van der Waals surface area contributed by atoms with Crippen LogP contribution in [0, 0.1) is 11.8 Å². The summed E-state index contributed by atoms with van der Waals surface area (Å²) in [6, 6.07) is 13.8. The molecule has 2 aromatic carbocycles. The van der Waals surface area contributed by atoms with Gasteiger partial charge in [-0.1, -0.05) is 85.2 Å². The third-order valence-corrected chi connectivity index (χ3v) is 7.40. The number of carbonyl (C=O) groups is 2. The molecule has 3 rings (SSSR count). The molecule has 0 spiro atoms. The van der Waals surface area contributed by atoms with Crippen molar-refractivity contribution in [3.8, 4) is 5.75 Å². The van der Waals surface area contributed by atoms with E-state index in [-0.39, 0.29) is 59.7 Å². The first-order valence-corrected chi connectivity index (χ1v) is 13.7. The summed E-state index contributed by atoms with van der Waals surface area (Å²) in [7, 11) is 0. The van der Waals surface area contributed by atoms with Gasteiger partial charge < -0.3 is 15.1 Å². The highest BCUT2D eigenvalue weighted by molar-refractivity contribution is 6.01. The molecule has 7 heteroatoms. The monoisotopic (exact) mass is 556 g/mol. The first-order valence-electron chi connectivity index (χ1n) is 13.7. The Morgan fingerprint density at radius 2 is 1.56 bits per heavy atom. The lowest BCUT2D eigenvalue weighted by Gasteiger charge is -2.28. The van der Waals surface area contributed by atoms with Gasteiger partial charge in [0.1, 0.15) is 18.1 Å². The van der Waals surface area contributed by atoms with Crippen molar-refractivity contribution in [2.24, 2.45) is 16.8 Å². The molecule has 0 bridgehead atoms. The van der Waals surface area contributed by atoms with E-state index in [1.165, 1.54) is 5.56 Å². The van der Waals surface area contributed by atoms with Crippen LogP contribution in [-0.4, -0.2) is 52.3 Å². The summed E-state index contributed by atoms with van der Waals surface area (Å²) in [5.74, 6) is 0.269. The number of hydrogen-bond donors (Lipinski definition) is 2. The molecule has 1 fully saturated rings. The number of aliphatic carboxylic acids is 1. The van der Waals surface area contributed by atoms with Gasteiger partial charge in [-0.15, -0.1) is 12.4 Å². The van der Waals surface area contributed by atoms with Crippen molar-refractivity contribution in [2.75, 3.05) is 19.6 Å². The Balaban J connectivity index is 0.00000533. The standard InChI is InChI=1S/C32H44N2O4.ClH/c1-8-12-22-19-34(30(33-18-28(36)37)24(22)15-21-13-10-9-11-14-21)20-27(35)23-16-25(31(2,3)4)29(38)26(17-23)32(5,6)7;/h9-11,13-14,16-17,22,24,38H,8,12,15,18-20H2,1-7H3,(H,36,37);1H/b33-30+;. The van der Waals surface area contributed by atoms with Gasteiger partial charge in [-0.2, -0.15) is 0 Å². The number of nitrogens with zero attached hydrogens (tertiary/aromatic N) is 2. The molecule has 0 saturated carbocycles. The largest absolute Gasteiger partial charge is 0.507 e. The summed E-state index contributed by atoms with van der Waals surface area (Å²) >= 11 is 0. The zero-order valence-electron chi connectivity index (χ0n) is 24.5. The summed E-state index contributed by atoms with van der Waals surface area (Å²) in [5.41, 5.74) is 2.57. The molecular weight excluding hydrogens is 512 g/mol. The van der Waals surface area contributed by atoms with Crippen molar-refractivity contribution in [2.45, 2.75) is 78.6 Å². The molecule has 39 heavy (non-hydrogen) atoms. The van der Waals surface area contributed by atoms with E-state index < -0.39 is 5.97 Å². The molecule has 0 aliphatic carbocycles. The average molecular weight is 557 g/mol. The molecule has 214 valence electrons. The normalized spacial score (nSPS) is 18.7. The quantitative estimate of drug-likeness (QED) is 0.337. The molecule has 2 N–H and O–H groups in total. The van der Waals surface area contributed by atoms with Crippen LogP contribution < -0.4 is 0 Å². The van der Waals surface area contributed by atoms with Gasteiger partial charge in [0, 0.05) is 29.2 Å². The van der Waals surface area contributed by atoms with E-state index in [0.29, 0.717) is 17.9 Å². The SMILES string of the molecule is CCCC1CN(CC(=O)c2cc(C(C)(C)C)c(O)c(C(C)(C)C)c2)/C(=N/CC(=O)O)C1Cc1ccccc1.Cl. The minimum absolute atomic E-state index is 0. The van der Waals surface area contributed by atoms with Gasteiger partial charge >= 0.3 is 5.97 Å². The molecule has 2 aromatic rings. The summed E-state index contributed by atoms with van der Waals surface area (Å²) in [6.45, 7) is 14.8. The number of phenols is 1. The summed E-state index contributed by atoms with van der Waals surface area (Å²) < 4.78 is 0. The first-order chi connectivity index (χ1) is 17.7. The van der Waals surface area contributed by atoms with Crippen LogP contribution in [0.3, 0.4) is 0 Å². The number of rotatable bonds is 9. The zero-order chi connectivity index (χ0) is 28.3. The number of benzene rings is 2. The van der Waals surface area contributed by atoms with E-state index in [2.05, 4.69) is 24.0 Å². The predicted molar refractivity (Wildman–Crippen MR) is 161 cm³/mol. The Labute approximate surface area is 240 Å².